The van der Waals surface area contributed by atoms with E-state index >= 15 is 0 Å². The summed E-state index contributed by atoms with van der Waals surface area (Å²) in [6, 6.07) is 14.0. The molecule has 0 aliphatic heterocycles. The highest BCUT2D eigenvalue weighted by Gasteiger charge is 2.14. The van der Waals surface area contributed by atoms with Crippen LogP contribution in [-0.2, 0) is 12.0 Å². The zero-order valence-electron chi connectivity index (χ0n) is 13.0. The molecule has 0 aromatic heterocycles. The van der Waals surface area contributed by atoms with Gasteiger partial charge in [0, 0.05) is 6.54 Å². The molecule has 2 aromatic rings. The van der Waals surface area contributed by atoms with Crippen molar-refractivity contribution in [2.75, 3.05) is 7.05 Å². The molecule has 0 bridgehead atoms. The third-order valence-corrected chi connectivity index (χ3v) is 3.60. The standard InChI is InChI=1S/C18H22ClNO/c1-18(2,3)14-6-5-7-15(11-14)21-17-9-8-13(12-20-4)10-16(17)19/h5-11,20H,12H2,1-4H3. The summed E-state index contributed by atoms with van der Waals surface area (Å²) in [5.41, 5.74) is 2.47. The van der Waals surface area contributed by atoms with Gasteiger partial charge >= 0.3 is 0 Å². The van der Waals surface area contributed by atoms with Crippen molar-refractivity contribution in [2.24, 2.45) is 0 Å². The fraction of sp³-hybridized carbons (Fsp3) is 0.333. The van der Waals surface area contributed by atoms with Gasteiger partial charge in [-0.05, 0) is 47.9 Å². The Morgan fingerprint density at radius 2 is 1.86 bits per heavy atom. The van der Waals surface area contributed by atoms with E-state index in [1.54, 1.807) is 0 Å². The second-order valence-electron chi connectivity index (χ2n) is 6.17. The van der Waals surface area contributed by atoms with E-state index in [4.69, 9.17) is 16.3 Å². The van der Waals surface area contributed by atoms with Gasteiger partial charge in [0.15, 0.2) is 0 Å². The van der Waals surface area contributed by atoms with Crippen molar-refractivity contribution in [3.63, 3.8) is 0 Å². The molecule has 0 aliphatic carbocycles. The third kappa shape index (κ3) is 4.23. The second-order valence-corrected chi connectivity index (χ2v) is 6.58. The van der Waals surface area contributed by atoms with Gasteiger partial charge in [0.1, 0.15) is 11.5 Å². The molecule has 112 valence electrons. The quantitative estimate of drug-likeness (QED) is 0.843. The highest BCUT2D eigenvalue weighted by atomic mass is 35.5. The molecule has 0 fully saturated rings. The minimum Gasteiger partial charge on any atom is -0.456 e. The van der Waals surface area contributed by atoms with Gasteiger partial charge < -0.3 is 10.1 Å². The first-order valence-electron chi connectivity index (χ1n) is 7.11. The van der Waals surface area contributed by atoms with Crippen LogP contribution in [0.1, 0.15) is 31.9 Å². The van der Waals surface area contributed by atoms with Crippen LogP contribution in [0.2, 0.25) is 5.02 Å². The smallest absolute Gasteiger partial charge is 0.146 e. The van der Waals surface area contributed by atoms with E-state index in [9.17, 15) is 0 Å². The molecule has 21 heavy (non-hydrogen) atoms. The Bertz CT molecular complexity index is 617. The fourth-order valence-electron chi connectivity index (χ4n) is 2.09. The van der Waals surface area contributed by atoms with E-state index in [-0.39, 0.29) is 5.41 Å². The van der Waals surface area contributed by atoms with Crippen molar-refractivity contribution in [3.8, 4) is 11.5 Å². The van der Waals surface area contributed by atoms with E-state index in [2.05, 4.69) is 38.2 Å². The first-order chi connectivity index (χ1) is 9.90. The Balaban J connectivity index is 2.22. The van der Waals surface area contributed by atoms with Crippen LogP contribution in [0.15, 0.2) is 42.5 Å². The molecule has 0 spiro atoms. The minimum absolute atomic E-state index is 0.0970. The summed E-state index contributed by atoms with van der Waals surface area (Å²) in [4.78, 5) is 0. The lowest BCUT2D eigenvalue weighted by Crippen LogP contribution is -2.10. The van der Waals surface area contributed by atoms with Gasteiger partial charge in [0.05, 0.1) is 5.02 Å². The monoisotopic (exact) mass is 303 g/mol. The Labute approximate surface area is 132 Å². The van der Waals surface area contributed by atoms with Crippen LogP contribution in [-0.4, -0.2) is 7.05 Å². The van der Waals surface area contributed by atoms with E-state index in [1.165, 1.54) is 5.56 Å². The highest BCUT2D eigenvalue weighted by Crippen LogP contribution is 2.32. The largest absolute Gasteiger partial charge is 0.456 e. The molecule has 1 N–H and O–H groups in total. The van der Waals surface area contributed by atoms with Crippen molar-refractivity contribution in [1.29, 1.82) is 0 Å². The number of ether oxygens (including phenoxy) is 1. The van der Waals surface area contributed by atoms with Gasteiger partial charge in [0.2, 0.25) is 0 Å². The molecule has 2 nitrogen and oxygen atoms in total. The molecule has 0 heterocycles. The lowest BCUT2D eigenvalue weighted by molar-refractivity contribution is 0.478. The molecule has 0 unspecified atom stereocenters. The SMILES string of the molecule is CNCc1ccc(Oc2cccc(C(C)(C)C)c2)c(Cl)c1. The maximum Gasteiger partial charge on any atom is 0.146 e. The molecular formula is C18H22ClNO. The molecule has 0 saturated carbocycles. The Morgan fingerprint density at radius 1 is 1.10 bits per heavy atom. The van der Waals surface area contributed by atoms with Gasteiger partial charge in [-0.1, -0.05) is 50.6 Å². The topological polar surface area (TPSA) is 21.3 Å². The summed E-state index contributed by atoms with van der Waals surface area (Å²) in [5.74, 6) is 1.49. The zero-order chi connectivity index (χ0) is 15.5. The highest BCUT2D eigenvalue weighted by molar-refractivity contribution is 6.32. The molecule has 0 radical (unpaired) electrons. The number of hydrogen-bond donors (Lipinski definition) is 1. The summed E-state index contributed by atoms with van der Waals surface area (Å²) >= 11 is 6.29. The van der Waals surface area contributed by atoms with Crippen LogP contribution < -0.4 is 10.1 Å². The minimum atomic E-state index is 0.0970. The lowest BCUT2D eigenvalue weighted by Gasteiger charge is -2.20. The third-order valence-electron chi connectivity index (χ3n) is 3.31. The van der Waals surface area contributed by atoms with Crippen LogP contribution in [0.25, 0.3) is 0 Å². The van der Waals surface area contributed by atoms with Crippen molar-refractivity contribution >= 4 is 11.6 Å². The lowest BCUT2D eigenvalue weighted by atomic mass is 9.87. The van der Waals surface area contributed by atoms with Gasteiger partial charge in [-0.25, -0.2) is 0 Å². The number of rotatable bonds is 4. The first-order valence-corrected chi connectivity index (χ1v) is 7.49. The van der Waals surface area contributed by atoms with Crippen LogP contribution in [0.3, 0.4) is 0 Å². The summed E-state index contributed by atoms with van der Waals surface area (Å²) in [6.45, 7) is 7.35. The van der Waals surface area contributed by atoms with Gasteiger partial charge in [-0.2, -0.15) is 0 Å². The van der Waals surface area contributed by atoms with E-state index in [0.717, 1.165) is 17.9 Å². The number of halogens is 1. The molecule has 0 saturated heterocycles. The molecule has 0 atom stereocenters. The van der Waals surface area contributed by atoms with Crippen molar-refractivity contribution in [3.05, 3.63) is 58.6 Å². The van der Waals surface area contributed by atoms with Crippen LogP contribution >= 0.6 is 11.6 Å². The van der Waals surface area contributed by atoms with Gasteiger partial charge in [-0.3, -0.25) is 0 Å². The number of hydrogen-bond acceptors (Lipinski definition) is 2. The molecule has 3 heteroatoms. The second kappa shape index (κ2) is 6.50. The number of nitrogens with one attached hydrogen (secondary N) is 1. The summed E-state index contributed by atoms with van der Waals surface area (Å²) in [6.07, 6.45) is 0. The van der Waals surface area contributed by atoms with Gasteiger partial charge in [0.25, 0.3) is 0 Å². The average molecular weight is 304 g/mol. The first kappa shape index (κ1) is 15.9. The molecular weight excluding hydrogens is 282 g/mol. The fourth-order valence-corrected chi connectivity index (χ4v) is 2.34. The van der Waals surface area contributed by atoms with Crippen molar-refractivity contribution < 1.29 is 4.74 Å². The predicted molar refractivity (Wildman–Crippen MR) is 89.4 cm³/mol. The van der Waals surface area contributed by atoms with Crippen LogP contribution in [0.5, 0.6) is 11.5 Å². The zero-order valence-corrected chi connectivity index (χ0v) is 13.8. The maximum absolute atomic E-state index is 6.29. The maximum atomic E-state index is 6.29. The molecule has 2 rings (SSSR count). The molecule has 0 amide bonds. The van der Waals surface area contributed by atoms with Crippen LogP contribution in [0.4, 0.5) is 0 Å². The van der Waals surface area contributed by atoms with Gasteiger partial charge in [-0.15, -0.1) is 0 Å². The van der Waals surface area contributed by atoms with E-state index < -0.39 is 0 Å². The van der Waals surface area contributed by atoms with Crippen molar-refractivity contribution in [1.82, 2.24) is 5.32 Å². The normalized spacial score (nSPS) is 11.5. The van der Waals surface area contributed by atoms with Crippen LogP contribution in [0, 0.1) is 0 Å². The van der Waals surface area contributed by atoms with E-state index in [0.29, 0.717) is 10.8 Å². The summed E-state index contributed by atoms with van der Waals surface area (Å²) in [5, 5.41) is 3.73. The van der Waals surface area contributed by atoms with Crippen molar-refractivity contribution in [2.45, 2.75) is 32.7 Å². The average Bonchev–Trinajstić information content (AvgIpc) is 2.42. The molecule has 2 aromatic carbocycles. The van der Waals surface area contributed by atoms with E-state index in [1.807, 2.05) is 37.4 Å². The summed E-state index contributed by atoms with van der Waals surface area (Å²) in [7, 11) is 1.91. The molecule has 0 aliphatic rings. The Hall–Kier alpha value is -1.51. The Kier molecular flexibility index (Phi) is 4.92. The Morgan fingerprint density at radius 3 is 2.48 bits per heavy atom. The number of benzene rings is 2. The summed E-state index contributed by atoms with van der Waals surface area (Å²) < 4.78 is 5.93. The predicted octanol–water partition coefficient (Wildman–Crippen LogP) is 5.15.